The first-order chi connectivity index (χ1) is 13.1. The Hall–Kier alpha value is -1.88. The van der Waals surface area contributed by atoms with Gasteiger partial charge < -0.3 is 10.4 Å². The number of amides is 1. The van der Waals surface area contributed by atoms with E-state index in [1.165, 1.54) is 31.2 Å². The van der Waals surface area contributed by atoms with E-state index in [4.69, 9.17) is 5.11 Å². The number of nitrogens with one attached hydrogen (secondary N) is 1. The second kappa shape index (κ2) is 9.88. The summed E-state index contributed by atoms with van der Waals surface area (Å²) in [4.78, 5) is 25.8. The number of carbonyl (C=O) groups is 2. The number of rotatable bonds is 8. The Bertz CT molecular complexity index is 613. The average molecular weight is 373 g/mol. The zero-order chi connectivity index (χ0) is 19.1. The van der Waals surface area contributed by atoms with Gasteiger partial charge in [-0.05, 0) is 56.0 Å². The number of piperidine rings is 1. The van der Waals surface area contributed by atoms with Crippen molar-refractivity contribution in [1.29, 1.82) is 0 Å². The number of nitrogens with zero attached hydrogens (tertiary/aromatic N) is 1. The minimum atomic E-state index is -0.730. The largest absolute Gasteiger partial charge is 0.481 e. The standard InChI is InChI=1S/C22H32N2O3/c25-20(16-24-14-6-7-17(15-24)12-13-21(26)27)23-22(19-10-4-5-11-19)18-8-2-1-3-9-18/h1-3,8-9,17,19,22H,4-7,10-16H2,(H,23,25)(H,26,27). The molecule has 148 valence electrons. The molecule has 1 saturated carbocycles. The van der Waals surface area contributed by atoms with Crippen LogP contribution < -0.4 is 5.32 Å². The third kappa shape index (κ3) is 6.06. The van der Waals surface area contributed by atoms with Crippen LogP contribution in [-0.2, 0) is 9.59 Å². The first-order valence-corrected chi connectivity index (χ1v) is 10.4. The van der Waals surface area contributed by atoms with E-state index in [0.717, 1.165) is 25.9 Å². The first kappa shape index (κ1) is 19.9. The molecule has 2 N–H and O–H groups in total. The highest BCUT2D eigenvalue weighted by molar-refractivity contribution is 5.78. The van der Waals surface area contributed by atoms with Crippen molar-refractivity contribution in [1.82, 2.24) is 10.2 Å². The number of carbonyl (C=O) groups excluding carboxylic acids is 1. The number of likely N-dealkylation sites (tertiary alicyclic amines) is 1. The highest BCUT2D eigenvalue weighted by atomic mass is 16.4. The lowest BCUT2D eigenvalue weighted by atomic mass is 9.91. The van der Waals surface area contributed by atoms with Gasteiger partial charge in [0.2, 0.25) is 5.91 Å². The lowest BCUT2D eigenvalue weighted by Gasteiger charge is -2.33. The summed E-state index contributed by atoms with van der Waals surface area (Å²) in [6.45, 7) is 2.18. The molecule has 1 aromatic carbocycles. The number of hydrogen-bond acceptors (Lipinski definition) is 3. The quantitative estimate of drug-likeness (QED) is 0.731. The molecule has 1 aliphatic carbocycles. The van der Waals surface area contributed by atoms with Crippen molar-refractivity contribution >= 4 is 11.9 Å². The van der Waals surface area contributed by atoms with Gasteiger partial charge in [0.25, 0.3) is 0 Å². The van der Waals surface area contributed by atoms with Crippen molar-refractivity contribution in [3.8, 4) is 0 Å². The van der Waals surface area contributed by atoms with Gasteiger partial charge in [0.15, 0.2) is 0 Å². The maximum absolute atomic E-state index is 12.8. The van der Waals surface area contributed by atoms with Gasteiger partial charge in [-0.1, -0.05) is 43.2 Å². The Morgan fingerprint density at radius 3 is 2.56 bits per heavy atom. The maximum Gasteiger partial charge on any atom is 0.303 e. The van der Waals surface area contributed by atoms with Gasteiger partial charge in [0.1, 0.15) is 0 Å². The minimum Gasteiger partial charge on any atom is -0.481 e. The highest BCUT2D eigenvalue weighted by Gasteiger charge is 2.29. The Morgan fingerprint density at radius 2 is 1.85 bits per heavy atom. The van der Waals surface area contributed by atoms with Gasteiger partial charge in [-0.15, -0.1) is 0 Å². The van der Waals surface area contributed by atoms with Crippen LogP contribution in [-0.4, -0.2) is 41.5 Å². The molecule has 5 nitrogen and oxygen atoms in total. The zero-order valence-electron chi connectivity index (χ0n) is 16.1. The molecule has 2 fully saturated rings. The number of carboxylic acid groups (broad SMARTS) is 1. The zero-order valence-corrected chi connectivity index (χ0v) is 16.1. The monoisotopic (exact) mass is 372 g/mol. The maximum atomic E-state index is 12.8. The molecule has 1 heterocycles. The molecule has 0 bridgehead atoms. The van der Waals surface area contributed by atoms with E-state index in [0.29, 0.717) is 24.8 Å². The van der Waals surface area contributed by atoms with Crippen LogP contribution in [0.25, 0.3) is 0 Å². The van der Waals surface area contributed by atoms with Crippen LogP contribution in [0.5, 0.6) is 0 Å². The van der Waals surface area contributed by atoms with Crippen LogP contribution in [0.4, 0.5) is 0 Å². The summed E-state index contributed by atoms with van der Waals surface area (Å²) in [6.07, 6.45) is 7.91. The molecule has 0 aromatic heterocycles. The Balaban J connectivity index is 1.55. The molecule has 2 aliphatic rings. The van der Waals surface area contributed by atoms with Crippen LogP contribution in [0.2, 0.25) is 0 Å². The summed E-state index contributed by atoms with van der Waals surface area (Å²) in [6, 6.07) is 10.4. The average Bonchev–Trinajstić information content (AvgIpc) is 3.20. The summed E-state index contributed by atoms with van der Waals surface area (Å²) in [7, 11) is 0. The Morgan fingerprint density at radius 1 is 1.11 bits per heavy atom. The topological polar surface area (TPSA) is 69.6 Å². The summed E-state index contributed by atoms with van der Waals surface area (Å²) in [5, 5.41) is 12.2. The molecule has 0 spiro atoms. The van der Waals surface area contributed by atoms with Gasteiger partial charge in [-0.2, -0.15) is 0 Å². The molecule has 3 rings (SSSR count). The molecule has 2 atom stereocenters. The molecule has 1 amide bonds. The molecular formula is C22H32N2O3. The van der Waals surface area contributed by atoms with E-state index in [2.05, 4.69) is 22.3 Å². The minimum absolute atomic E-state index is 0.0923. The molecule has 27 heavy (non-hydrogen) atoms. The Kier molecular flexibility index (Phi) is 7.27. The van der Waals surface area contributed by atoms with E-state index in [1.54, 1.807) is 0 Å². The van der Waals surface area contributed by atoms with Gasteiger partial charge in [-0.25, -0.2) is 0 Å². The number of hydrogen-bond donors (Lipinski definition) is 2. The molecule has 0 radical (unpaired) electrons. The lowest BCUT2D eigenvalue weighted by molar-refractivity contribution is -0.137. The van der Waals surface area contributed by atoms with Crippen LogP contribution in [0.15, 0.2) is 30.3 Å². The smallest absolute Gasteiger partial charge is 0.303 e. The highest BCUT2D eigenvalue weighted by Crippen LogP contribution is 2.35. The fourth-order valence-electron chi connectivity index (χ4n) is 4.70. The summed E-state index contributed by atoms with van der Waals surface area (Å²) in [5.74, 6) is 0.283. The van der Waals surface area contributed by atoms with Crippen LogP contribution in [0.1, 0.15) is 63.0 Å². The molecule has 1 saturated heterocycles. The van der Waals surface area contributed by atoms with Crippen LogP contribution in [0, 0.1) is 11.8 Å². The van der Waals surface area contributed by atoms with Crippen LogP contribution >= 0.6 is 0 Å². The summed E-state index contributed by atoms with van der Waals surface area (Å²) < 4.78 is 0. The summed E-state index contributed by atoms with van der Waals surface area (Å²) in [5.41, 5.74) is 1.20. The number of benzene rings is 1. The van der Waals surface area contributed by atoms with E-state index in [9.17, 15) is 9.59 Å². The third-order valence-electron chi connectivity index (χ3n) is 6.08. The van der Waals surface area contributed by atoms with Gasteiger partial charge in [-0.3, -0.25) is 14.5 Å². The van der Waals surface area contributed by atoms with Crippen molar-refractivity contribution in [2.24, 2.45) is 11.8 Å². The molecular weight excluding hydrogens is 340 g/mol. The number of aliphatic carboxylic acids is 1. The fourth-order valence-corrected chi connectivity index (χ4v) is 4.70. The normalized spacial score (nSPS) is 22.4. The van der Waals surface area contributed by atoms with Crippen molar-refractivity contribution in [2.75, 3.05) is 19.6 Å². The second-order valence-electron chi connectivity index (χ2n) is 8.18. The first-order valence-electron chi connectivity index (χ1n) is 10.4. The molecule has 1 aromatic rings. The fraction of sp³-hybridized carbons (Fsp3) is 0.636. The van der Waals surface area contributed by atoms with Crippen molar-refractivity contribution in [2.45, 2.75) is 57.4 Å². The van der Waals surface area contributed by atoms with Crippen molar-refractivity contribution < 1.29 is 14.7 Å². The van der Waals surface area contributed by atoms with E-state index in [-0.39, 0.29) is 18.4 Å². The molecule has 5 heteroatoms. The van der Waals surface area contributed by atoms with E-state index < -0.39 is 5.97 Å². The Labute approximate surface area is 162 Å². The summed E-state index contributed by atoms with van der Waals surface area (Å²) >= 11 is 0. The molecule has 1 aliphatic heterocycles. The predicted molar refractivity (Wildman–Crippen MR) is 105 cm³/mol. The predicted octanol–water partition coefficient (Wildman–Crippen LogP) is 3.61. The van der Waals surface area contributed by atoms with Gasteiger partial charge in [0.05, 0.1) is 12.6 Å². The SMILES string of the molecule is O=C(O)CCC1CCCN(CC(=O)NC(c2ccccc2)C2CCCC2)C1. The molecule has 2 unspecified atom stereocenters. The van der Waals surface area contributed by atoms with Crippen LogP contribution in [0.3, 0.4) is 0 Å². The van der Waals surface area contributed by atoms with Crippen molar-refractivity contribution in [3.05, 3.63) is 35.9 Å². The third-order valence-corrected chi connectivity index (χ3v) is 6.08. The number of carboxylic acids is 1. The van der Waals surface area contributed by atoms with E-state index in [1.807, 2.05) is 18.2 Å². The van der Waals surface area contributed by atoms with E-state index >= 15 is 0 Å². The van der Waals surface area contributed by atoms with Crippen molar-refractivity contribution in [3.63, 3.8) is 0 Å². The van der Waals surface area contributed by atoms with Gasteiger partial charge >= 0.3 is 5.97 Å². The second-order valence-corrected chi connectivity index (χ2v) is 8.18. The van der Waals surface area contributed by atoms with Gasteiger partial charge in [0, 0.05) is 13.0 Å². The lowest BCUT2D eigenvalue weighted by Crippen LogP contribution is -2.44.